The first-order valence-electron chi connectivity index (χ1n) is 7.04. The number of rotatable bonds is 3. The van der Waals surface area contributed by atoms with Crippen LogP contribution in [0.25, 0.3) is 0 Å². The summed E-state index contributed by atoms with van der Waals surface area (Å²) in [4.78, 5) is 15.5. The van der Waals surface area contributed by atoms with Crippen molar-refractivity contribution in [1.82, 2.24) is 10.2 Å². The number of hydrogen-bond donors (Lipinski definition) is 2. The first kappa shape index (κ1) is 13.0. The smallest absolute Gasteiger partial charge is 0.224 e. The summed E-state index contributed by atoms with van der Waals surface area (Å²) in [5.74, 6) is 0.144. The van der Waals surface area contributed by atoms with Crippen LogP contribution in [0.5, 0.6) is 0 Å². The number of nitrogens with zero attached hydrogens (tertiary/aromatic N) is 1. The number of thiol groups is 1. The average Bonchev–Trinajstić information content (AvgIpc) is 2.97. The van der Waals surface area contributed by atoms with Crippen LogP contribution >= 0.6 is 12.6 Å². The largest absolute Gasteiger partial charge is 0.351 e. The fourth-order valence-corrected chi connectivity index (χ4v) is 3.46. The van der Waals surface area contributed by atoms with Gasteiger partial charge in [-0.2, -0.15) is 0 Å². The lowest BCUT2D eigenvalue weighted by molar-refractivity contribution is -0.121. The summed E-state index contributed by atoms with van der Waals surface area (Å²) in [6.45, 7) is 2.35. The monoisotopic (exact) mass is 276 g/mol. The van der Waals surface area contributed by atoms with Crippen molar-refractivity contribution in [2.75, 3.05) is 13.1 Å². The average molecular weight is 276 g/mol. The number of amides is 1. The van der Waals surface area contributed by atoms with Gasteiger partial charge in [0.2, 0.25) is 5.91 Å². The molecule has 2 heterocycles. The Kier molecular flexibility index (Phi) is 3.80. The molecule has 0 aromatic heterocycles. The predicted octanol–water partition coefficient (Wildman–Crippen LogP) is 1.87. The second-order valence-electron chi connectivity index (χ2n) is 5.55. The van der Waals surface area contributed by atoms with E-state index in [0.29, 0.717) is 18.5 Å². The summed E-state index contributed by atoms with van der Waals surface area (Å²) in [6.07, 6.45) is 4.09. The Hall–Kier alpha value is -1.00. The maximum atomic E-state index is 12.1. The number of hydrogen-bond acceptors (Lipinski definition) is 3. The van der Waals surface area contributed by atoms with Gasteiger partial charge in [-0.3, -0.25) is 9.69 Å². The zero-order valence-electron chi connectivity index (χ0n) is 11.0. The second kappa shape index (κ2) is 5.55. The molecule has 1 amide bonds. The number of carbonyl (C=O) groups is 1. The van der Waals surface area contributed by atoms with Crippen molar-refractivity contribution in [2.45, 2.75) is 42.7 Å². The third-order valence-electron chi connectivity index (χ3n) is 4.25. The summed E-state index contributed by atoms with van der Waals surface area (Å²) in [5.41, 5.74) is 1.05. The van der Waals surface area contributed by atoms with Gasteiger partial charge in [-0.1, -0.05) is 12.1 Å². The molecule has 2 saturated heterocycles. The highest BCUT2D eigenvalue weighted by Gasteiger charge is 2.37. The molecule has 102 valence electrons. The lowest BCUT2D eigenvalue weighted by atomic mass is 10.1. The Morgan fingerprint density at radius 1 is 1.26 bits per heavy atom. The summed E-state index contributed by atoms with van der Waals surface area (Å²) in [6, 6.07) is 8.75. The molecule has 4 heteroatoms. The summed E-state index contributed by atoms with van der Waals surface area (Å²) in [7, 11) is 0. The molecule has 0 radical (unpaired) electrons. The van der Waals surface area contributed by atoms with Crippen LogP contribution < -0.4 is 5.32 Å². The highest BCUT2D eigenvalue weighted by Crippen LogP contribution is 2.27. The van der Waals surface area contributed by atoms with Crippen molar-refractivity contribution in [3.63, 3.8) is 0 Å². The van der Waals surface area contributed by atoms with Crippen molar-refractivity contribution < 1.29 is 4.79 Å². The minimum atomic E-state index is 0.144. The molecule has 0 spiro atoms. The summed E-state index contributed by atoms with van der Waals surface area (Å²) in [5, 5.41) is 3.21. The van der Waals surface area contributed by atoms with Crippen LogP contribution in [0.3, 0.4) is 0 Å². The van der Waals surface area contributed by atoms with E-state index >= 15 is 0 Å². The van der Waals surface area contributed by atoms with Gasteiger partial charge >= 0.3 is 0 Å². The molecule has 1 aromatic rings. The van der Waals surface area contributed by atoms with Gasteiger partial charge in [-0.15, -0.1) is 12.6 Å². The lowest BCUT2D eigenvalue weighted by Gasteiger charge is -2.21. The topological polar surface area (TPSA) is 32.3 Å². The van der Waals surface area contributed by atoms with Crippen LogP contribution in [0.2, 0.25) is 0 Å². The number of nitrogens with one attached hydrogen (secondary N) is 1. The van der Waals surface area contributed by atoms with Crippen LogP contribution in [0.4, 0.5) is 0 Å². The van der Waals surface area contributed by atoms with Crippen molar-refractivity contribution >= 4 is 18.5 Å². The molecule has 2 unspecified atom stereocenters. The molecule has 0 bridgehead atoms. The van der Waals surface area contributed by atoms with E-state index in [1.807, 2.05) is 24.3 Å². The van der Waals surface area contributed by atoms with Gasteiger partial charge in [0.15, 0.2) is 0 Å². The molecule has 2 aliphatic heterocycles. The van der Waals surface area contributed by atoms with E-state index in [1.54, 1.807) is 0 Å². The molecule has 0 saturated carbocycles. The first-order chi connectivity index (χ1) is 9.22. The van der Waals surface area contributed by atoms with Crippen molar-refractivity contribution in [1.29, 1.82) is 0 Å². The van der Waals surface area contributed by atoms with Crippen LogP contribution in [-0.4, -0.2) is 36.0 Å². The second-order valence-corrected chi connectivity index (χ2v) is 6.07. The maximum absolute atomic E-state index is 12.1. The zero-order valence-corrected chi connectivity index (χ0v) is 11.9. The molecule has 2 fully saturated rings. The van der Waals surface area contributed by atoms with Gasteiger partial charge in [-0.25, -0.2) is 0 Å². The van der Waals surface area contributed by atoms with Gasteiger partial charge in [0, 0.05) is 23.5 Å². The number of fused-ring (bicyclic) bond motifs is 1. The van der Waals surface area contributed by atoms with Gasteiger partial charge in [0.05, 0.1) is 6.42 Å². The third kappa shape index (κ3) is 2.95. The maximum Gasteiger partial charge on any atom is 0.224 e. The summed E-state index contributed by atoms with van der Waals surface area (Å²) < 4.78 is 0. The fourth-order valence-electron chi connectivity index (χ4n) is 3.31. The van der Waals surface area contributed by atoms with Gasteiger partial charge in [-0.05, 0) is 43.5 Å². The Bertz CT molecular complexity index is 460. The van der Waals surface area contributed by atoms with Crippen molar-refractivity contribution in [3.05, 3.63) is 29.8 Å². The number of carbonyl (C=O) groups excluding carboxylic acids is 1. The molecule has 2 atom stereocenters. The summed E-state index contributed by atoms with van der Waals surface area (Å²) >= 11 is 4.25. The van der Waals surface area contributed by atoms with E-state index in [4.69, 9.17) is 0 Å². The standard InChI is InChI=1S/C15H20N2OS/c18-15(10-11-3-5-12(19)6-4-11)16-13-7-9-17-8-1-2-14(13)17/h3-6,13-14,19H,1-2,7-10H2,(H,16,18). The van der Waals surface area contributed by atoms with E-state index < -0.39 is 0 Å². The minimum Gasteiger partial charge on any atom is -0.351 e. The van der Waals surface area contributed by atoms with E-state index in [0.717, 1.165) is 23.4 Å². The molecule has 1 aromatic carbocycles. The van der Waals surface area contributed by atoms with Crippen LogP contribution in [0.1, 0.15) is 24.8 Å². The minimum absolute atomic E-state index is 0.144. The molecule has 19 heavy (non-hydrogen) atoms. The molecule has 3 rings (SSSR count). The Balaban J connectivity index is 1.55. The van der Waals surface area contributed by atoms with E-state index in [1.165, 1.54) is 19.4 Å². The van der Waals surface area contributed by atoms with Crippen LogP contribution in [0.15, 0.2) is 29.2 Å². The highest BCUT2D eigenvalue weighted by atomic mass is 32.1. The van der Waals surface area contributed by atoms with E-state index in [9.17, 15) is 4.79 Å². The van der Waals surface area contributed by atoms with E-state index in [2.05, 4.69) is 22.8 Å². The quantitative estimate of drug-likeness (QED) is 0.826. The van der Waals surface area contributed by atoms with Crippen molar-refractivity contribution in [2.24, 2.45) is 0 Å². The number of benzene rings is 1. The third-order valence-corrected chi connectivity index (χ3v) is 4.55. The van der Waals surface area contributed by atoms with Crippen molar-refractivity contribution in [3.8, 4) is 0 Å². The van der Waals surface area contributed by atoms with Gasteiger partial charge in [0.25, 0.3) is 0 Å². The first-order valence-corrected chi connectivity index (χ1v) is 7.48. The normalized spacial score (nSPS) is 26.4. The van der Waals surface area contributed by atoms with Gasteiger partial charge in [0.1, 0.15) is 0 Å². The van der Waals surface area contributed by atoms with Crippen LogP contribution in [-0.2, 0) is 11.2 Å². The highest BCUT2D eigenvalue weighted by molar-refractivity contribution is 7.80. The molecule has 0 aliphatic carbocycles. The SMILES string of the molecule is O=C(Cc1ccc(S)cc1)NC1CCN2CCCC12. The zero-order chi connectivity index (χ0) is 13.2. The lowest BCUT2D eigenvalue weighted by Crippen LogP contribution is -2.42. The Morgan fingerprint density at radius 3 is 2.84 bits per heavy atom. The van der Waals surface area contributed by atoms with E-state index in [-0.39, 0.29) is 5.91 Å². The van der Waals surface area contributed by atoms with Gasteiger partial charge < -0.3 is 5.32 Å². The Morgan fingerprint density at radius 2 is 2.05 bits per heavy atom. The fraction of sp³-hybridized carbons (Fsp3) is 0.533. The molecule has 1 N–H and O–H groups in total. The Labute approximate surface area is 119 Å². The molecule has 2 aliphatic rings. The van der Waals surface area contributed by atoms with Crippen LogP contribution in [0, 0.1) is 0 Å². The molecular formula is C15H20N2OS. The predicted molar refractivity (Wildman–Crippen MR) is 78.5 cm³/mol. The molecular weight excluding hydrogens is 256 g/mol. The molecule has 3 nitrogen and oxygen atoms in total.